The summed E-state index contributed by atoms with van der Waals surface area (Å²) in [6.07, 6.45) is 0.886. The number of hydrogen-bond acceptors (Lipinski definition) is 28. The van der Waals surface area contributed by atoms with Crippen molar-refractivity contribution in [3.05, 3.63) is 173 Å². The van der Waals surface area contributed by atoms with Gasteiger partial charge in [0, 0.05) is 61.2 Å². The number of halogens is 1. The molecule has 6 aliphatic heterocycles. The van der Waals surface area contributed by atoms with Crippen LogP contribution in [0.15, 0.2) is 95.5 Å². The third kappa shape index (κ3) is 21.2. The van der Waals surface area contributed by atoms with E-state index in [1.165, 1.54) is 26.4 Å². The van der Waals surface area contributed by atoms with E-state index in [1.807, 2.05) is 97.9 Å². The maximum atomic E-state index is 12.5. The van der Waals surface area contributed by atoms with Crippen LogP contribution < -0.4 is 81.1 Å². The van der Waals surface area contributed by atoms with Crippen LogP contribution >= 0.6 is 15.9 Å². The minimum atomic E-state index is -0.995. The topological polar surface area (TPSA) is 360 Å². The van der Waals surface area contributed by atoms with Crippen LogP contribution in [0, 0.1) is 41.5 Å². The number of ether oxygens (including phenoxy) is 19. The fourth-order valence-corrected chi connectivity index (χ4v) is 12.1. The maximum absolute atomic E-state index is 12.5. The van der Waals surface area contributed by atoms with Gasteiger partial charge in [-0.1, -0.05) is 36.4 Å². The molecule has 1 fully saturated rings. The summed E-state index contributed by atoms with van der Waals surface area (Å²) in [6, 6.07) is 25.9. The Kier molecular flexibility index (Phi) is 30.7. The summed E-state index contributed by atoms with van der Waals surface area (Å²) in [7, 11) is 9.27. The summed E-state index contributed by atoms with van der Waals surface area (Å²) in [5.41, 5.74) is 9.97. The fourth-order valence-electron chi connectivity index (χ4n) is 11.5. The molecule has 0 unspecified atom stereocenters. The molecule has 0 saturated carbocycles. The summed E-state index contributed by atoms with van der Waals surface area (Å²) in [5.74, 6) is 9.92. The van der Waals surface area contributed by atoms with Crippen molar-refractivity contribution >= 4 is 40.9 Å². The number of methoxy groups -OCH3 is 6. The molecule has 0 aromatic heterocycles. The number of nitrogens with one attached hydrogen (secondary N) is 1. The van der Waals surface area contributed by atoms with E-state index in [1.54, 1.807) is 71.8 Å². The molecule has 14 rings (SSSR count). The average Bonchev–Trinajstić information content (AvgIpc) is 1.66. The standard InChI is InChI=1S/C23H29NO6.C11H14O5.C11H12O4.C10H10O4.C9H7BrO3.C9H10O3.C8H10O3/c1-15-19(26-5)11-17(21-20(15)28-14-29-21)18(24-22(25)30-23(2,3)4)13-27-12-16-9-7-6-8-10-16;1-6-9(14-2)3-7(8(13)4-12)11-10(6)15-5-16-11;1-6-8(12-2)3-7(9-4-13-9)11-10(6)14-5-15-11;1-6-8(12-2)3-7(4-11)10-9(6)13-5-14-10;1-5-6(3-11)2-7(10)9-8(5)12-4-13-9;1-6-7(5-10)3-4-8(11)9(6)12-2;1-11-8-4-6(5-9)2-3-7(8)10/h6-11,18H,12-14H2,1-5H3,(H,24,25);3,8,12-13H,4-5H2,1-2H3;3,9H,4-5H2,1-2H3;3-4H,5H2,1-2H3;2-3H,4H2,1H3;3-5,11H,1-2H3;2-4,9-10H,5H2,1H3/t18-;8-;9-;;;;/m111..../s1. The molecule has 0 bridgehead atoms. The first-order valence-corrected chi connectivity index (χ1v) is 35.2. The molecule has 0 radical (unpaired) electrons. The predicted molar refractivity (Wildman–Crippen MR) is 406 cm³/mol. The highest BCUT2D eigenvalue weighted by atomic mass is 79.9. The summed E-state index contributed by atoms with van der Waals surface area (Å²) >= 11 is 3.31. The van der Waals surface area contributed by atoms with Crippen molar-refractivity contribution in [2.45, 2.75) is 99.4 Å². The second kappa shape index (κ2) is 39.9. The molecule has 6 heterocycles. The van der Waals surface area contributed by atoms with Crippen molar-refractivity contribution in [1.82, 2.24) is 5.32 Å². The lowest BCUT2D eigenvalue weighted by atomic mass is 10.0. The quantitative estimate of drug-likeness (QED) is 0.0323. The van der Waals surface area contributed by atoms with Gasteiger partial charge in [-0.15, -0.1) is 0 Å². The van der Waals surface area contributed by atoms with E-state index in [0.717, 1.165) is 91.7 Å². The minimum Gasteiger partial charge on any atom is -0.504 e. The van der Waals surface area contributed by atoms with Crippen molar-refractivity contribution in [2.24, 2.45) is 0 Å². The number of aromatic hydroxyl groups is 2. The van der Waals surface area contributed by atoms with Crippen molar-refractivity contribution in [1.29, 1.82) is 0 Å². The second-order valence-electron chi connectivity index (χ2n) is 25.6. The van der Waals surface area contributed by atoms with Crippen LogP contribution in [0.2, 0.25) is 0 Å². The Hall–Kier alpha value is -11.3. The lowest BCUT2D eigenvalue weighted by molar-refractivity contribution is 0.0425. The van der Waals surface area contributed by atoms with Crippen molar-refractivity contribution in [2.75, 3.05) is 96.4 Å². The number of rotatable bonds is 19. The zero-order chi connectivity index (χ0) is 80.8. The SMILES string of the molecule is COc1c(O)ccc(C=O)c1C.COc1cc(C=O)c2c(c1C)OCO2.COc1cc(CO)ccc1O.COc1cc([C@@H](COCc2ccccc2)NC(=O)OC(C)(C)C)c2c(c1C)OCO2.COc1cc([C@H](O)CO)c2c(c1C)OCO2.COc1cc([C@H]2CO2)c2c(c1C)OCO2.Cc1c(C=O)cc(Br)c2c1OCO2. The zero-order valence-corrected chi connectivity index (χ0v) is 65.8. The first kappa shape index (κ1) is 85.3. The largest absolute Gasteiger partial charge is 0.504 e. The Morgan fingerprint density at radius 1 is 0.505 bits per heavy atom. The molecule has 0 aliphatic carbocycles. The Morgan fingerprint density at radius 2 is 0.964 bits per heavy atom. The first-order chi connectivity index (χ1) is 53.3. The molecule has 6 aliphatic rings. The Morgan fingerprint density at radius 3 is 1.47 bits per heavy atom. The first-order valence-electron chi connectivity index (χ1n) is 34.4. The third-order valence-corrected chi connectivity index (χ3v) is 18.0. The van der Waals surface area contributed by atoms with Gasteiger partial charge in [0.1, 0.15) is 53.4 Å². The van der Waals surface area contributed by atoms with E-state index in [-0.39, 0.29) is 71.4 Å². The number of carbonyl (C=O) groups is 4. The van der Waals surface area contributed by atoms with Crippen LogP contribution in [0.3, 0.4) is 0 Å². The van der Waals surface area contributed by atoms with E-state index in [4.69, 9.17) is 105 Å². The smallest absolute Gasteiger partial charge is 0.408 e. The number of phenols is 2. The van der Waals surface area contributed by atoms with Gasteiger partial charge in [0.25, 0.3) is 0 Å². The number of phenolic OH excluding ortho intramolecular Hbond substituents is 2. The Balaban J connectivity index is 0.000000168. The van der Waals surface area contributed by atoms with Gasteiger partial charge in [-0.3, -0.25) is 14.4 Å². The molecule has 1 amide bonds. The van der Waals surface area contributed by atoms with E-state index < -0.39 is 23.8 Å². The van der Waals surface area contributed by atoms with E-state index in [2.05, 4.69) is 21.2 Å². The van der Waals surface area contributed by atoms with Crippen molar-refractivity contribution in [3.8, 4) is 103 Å². The average molecular weight is 1610 g/mol. The van der Waals surface area contributed by atoms with E-state index in [0.29, 0.717) is 115 Å². The minimum absolute atomic E-state index is 0.0450. The fraction of sp³-hybridized carbons (Fsp3) is 0.358. The number of benzene rings is 8. The molecule has 6 N–H and O–H groups in total. The Labute approximate surface area is 650 Å². The van der Waals surface area contributed by atoms with Gasteiger partial charge in [0.2, 0.25) is 34.0 Å². The maximum Gasteiger partial charge on any atom is 0.408 e. The van der Waals surface area contributed by atoms with Gasteiger partial charge in [-0.05, 0) is 144 Å². The number of hydrogen-bond donors (Lipinski definition) is 6. The number of amides is 1. The van der Waals surface area contributed by atoms with Crippen LogP contribution in [0.4, 0.5) is 4.79 Å². The zero-order valence-electron chi connectivity index (χ0n) is 64.2. The Bertz CT molecular complexity index is 4560. The molecule has 596 valence electrons. The molecule has 29 nitrogen and oxygen atoms in total. The molecule has 8 aromatic rings. The lowest BCUT2D eigenvalue weighted by Gasteiger charge is -2.25. The number of aliphatic hydroxyl groups excluding tert-OH is 3. The number of aliphatic hydroxyl groups is 3. The molecule has 1 saturated heterocycles. The van der Waals surface area contributed by atoms with Crippen LogP contribution in [0.5, 0.6) is 103 Å². The van der Waals surface area contributed by atoms with Crippen LogP contribution in [0.1, 0.15) is 131 Å². The molecule has 0 spiro atoms. The van der Waals surface area contributed by atoms with Gasteiger partial charge in [-0.2, -0.15) is 0 Å². The van der Waals surface area contributed by atoms with E-state index in [9.17, 15) is 29.4 Å². The summed E-state index contributed by atoms with van der Waals surface area (Å²) in [6.45, 7) is 18.4. The molecule has 3 atom stereocenters. The van der Waals surface area contributed by atoms with Gasteiger partial charge >= 0.3 is 6.09 Å². The predicted octanol–water partition coefficient (Wildman–Crippen LogP) is 13.3. The number of alkyl carbamates (subject to hydrolysis) is 1. The molecule has 111 heavy (non-hydrogen) atoms. The summed E-state index contributed by atoms with van der Waals surface area (Å²) < 4.78 is 102. The van der Waals surface area contributed by atoms with Crippen LogP contribution in [-0.2, 0) is 27.4 Å². The van der Waals surface area contributed by atoms with Gasteiger partial charge in [-0.25, -0.2) is 4.79 Å². The molecule has 30 heteroatoms. The number of carbonyl (C=O) groups excluding carboxylic acids is 4. The highest BCUT2D eigenvalue weighted by Gasteiger charge is 2.36. The van der Waals surface area contributed by atoms with Gasteiger partial charge < -0.3 is 121 Å². The second-order valence-corrected chi connectivity index (χ2v) is 26.5. The lowest BCUT2D eigenvalue weighted by Crippen LogP contribution is -2.36. The third-order valence-electron chi connectivity index (χ3n) is 17.4. The highest BCUT2D eigenvalue weighted by molar-refractivity contribution is 9.10. The van der Waals surface area contributed by atoms with Gasteiger partial charge in [0.05, 0.1) is 91.8 Å². The number of epoxide rings is 1. The highest BCUT2D eigenvalue weighted by Crippen LogP contribution is 2.51. The summed E-state index contributed by atoms with van der Waals surface area (Å²) in [5, 5.41) is 48.6. The molecular formula is C81H92BrNO28. The summed E-state index contributed by atoms with van der Waals surface area (Å²) in [4.78, 5) is 44.4. The van der Waals surface area contributed by atoms with E-state index >= 15 is 0 Å². The van der Waals surface area contributed by atoms with Crippen molar-refractivity contribution in [3.63, 3.8) is 0 Å². The van der Waals surface area contributed by atoms with Crippen LogP contribution in [-0.4, -0.2) is 153 Å². The van der Waals surface area contributed by atoms with Gasteiger partial charge in [0.15, 0.2) is 86.8 Å². The van der Waals surface area contributed by atoms with Crippen molar-refractivity contribution < 1.29 is 135 Å². The normalized spacial score (nSPS) is 13.9. The number of aldehydes is 3. The van der Waals surface area contributed by atoms with Crippen LogP contribution in [0.25, 0.3) is 0 Å². The molecular weight excluding hydrogens is 1510 g/mol. The monoisotopic (exact) mass is 1610 g/mol. The molecule has 8 aromatic carbocycles. The number of fused-ring (bicyclic) bond motifs is 5.